The second kappa shape index (κ2) is 5.92. The number of hydrogen-bond acceptors (Lipinski definition) is 4. The highest BCUT2D eigenvalue weighted by Crippen LogP contribution is 2.28. The van der Waals surface area contributed by atoms with Gasteiger partial charge in [-0.15, -0.1) is 0 Å². The molecule has 1 unspecified atom stereocenters. The summed E-state index contributed by atoms with van der Waals surface area (Å²) >= 11 is 0. The maximum absolute atomic E-state index is 12.4. The van der Waals surface area contributed by atoms with Gasteiger partial charge in [0.2, 0.25) is 11.8 Å². The minimum Gasteiger partial charge on any atom is -0.480 e. The van der Waals surface area contributed by atoms with E-state index in [1.54, 1.807) is 31.3 Å². The van der Waals surface area contributed by atoms with E-state index in [0.717, 1.165) is 0 Å². The number of aliphatic carboxylic acids is 1. The zero-order valence-corrected chi connectivity index (χ0v) is 11.9. The van der Waals surface area contributed by atoms with E-state index in [4.69, 9.17) is 5.11 Å². The van der Waals surface area contributed by atoms with Crippen LogP contribution >= 0.6 is 0 Å². The summed E-state index contributed by atoms with van der Waals surface area (Å²) in [6.45, 7) is 1.37. The SMILES string of the molecule is CC(C(=O)O)N(C)CC(=O)N1CC(=O)Nc2ccccc21. The van der Waals surface area contributed by atoms with Crippen molar-refractivity contribution >= 4 is 29.2 Å². The topological polar surface area (TPSA) is 90.0 Å². The van der Waals surface area contributed by atoms with Crippen LogP contribution in [0.1, 0.15) is 6.92 Å². The van der Waals surface area contributed by atoms with E-state index in [2.05, 4.69) is 5.32 Å². The molecule has 2 amide bonds. The number of nitrogens with zero attached hydrogens (tertiary/aromatic N) is 2. The molecule has 1 atom stereocenters. The molecule has 0 saturated heterocycles. The molecule has 0 fully saturated rings. The third-order valence-corrected chi connectivity index (χ3v) is 3.47. The number of nitrogens with one attached hydrogen (secondary N) is 1. The zero-order valence-electron chi connectivity index (χ0n) is 11.9. The number of carbonyl (C=O) groups excluding carboxylic acids is 2. The van der Waals surface area contributed by atoms with Gasteiger partial charge in [-0.3, -0.25) is 24.2 Å². The molecule has 0 aliphatic carbocycles. The molecule has 2 rings (SSSR count). The normalized spacial score (nSPS) is 15.4. The van der Waals surface area contributed by atoms with Gasteiger partial charge in [-0.1, -0.05) is 12.1 Å². The second-order valence-corrected chi connectivity index (χ2v) is 4.97. The van der Waals surface area contributed by atoms with Gasteiger partial charge in [-0.2, -0.15) is 0 Å². The Kier molecular flexibility index (Phi) is 4.23. The Morgan fingerprint density at radius 3 is 2.76 bits per heavy atom. The maximum Gasteiger partial charge on any atom is 0.320 e. The van der Waals surface area contributed by atoms with Crippen LogP contribution in [-0.4, -0.2) is 54.0 Å². The minimum atomic E-state index is -0.998. The van der Waals surface area contributed by atoms with E-state index in [0.29, 0.717) is 11.4 Å². The number of carboxylic acid groups (broad SMARTS) is 1. The first-order valence-corrected chi connectivity index (χ1v) is 6.52. The van der Waals surface area contributed by atoms with Crippen molar-refractivity contribution in [3.8, 4) is 0 Å². The van der Waals surface area contributed by atoms with Gasteiger partial charge >= 0.3 is 5.97 Å². The van der Waals surface area contributed by atoms with Crippen molar-refractivity contribution < 1.29 is 19.5 Å². The lowest BCUT2D eigenvalue weighted by Crippen LogP contribution is -2.48. The lowest BCUT2D eigenvalue weighted by atomic mass is 10.2. The van der Waals surface area contributed by atoms with Crippen LogP contribution < -0.4 is 10.2 Å². The first kappa shape index (κ1) is 15.0. The van der Waals surface area contributed by atoms with Crippen LogP contribution in [-0.2, 0) is 14.4 Å². The molecule has 2 N–H and O–H groups in total. The predicted octanol–water partition coefficient (Wildman–Crippen LogP) is 0.377. The van der Waals surface area contributed by atoms with Gasteiger partial charge in [0.15, 0.2) is 0 Å². The number of hydrogen-bond donors (Lipinski definition) is 2. The van der Waals surface area contributed by atoms with Gasteiger partial charge < -0.3 is 10.4 Å². The Bertz CT molecular complexity index is 587. The molecule has 0 bridgehead atoms. The largest absolute Gasteiger partial charge is 0.480 e. The maximum atomic E-state index is 12.4. The smallest absolute Gasteiger partial charge is 0.320 e. The lowest BCUT2D eigenvalue weighted by Gasteiger charge is -2.31. The fraction of sp³-hybridized carbons (Fsp3) is 0.357. The fourth-order valence-corrected chi connectivity index (χ4v) is 2.08. The predicted molar refractivity (Wildman–Crippen MR) is 77.2 cm³/mol. The van der Waals surface area contributed by atoms with Gasteiger partial charge in [-0.05, 0) is 26.1 Å². The van der Waals surface area contributed by atoms with Crippen molar-refractivity contribution in [2.75, 3.05) is 30.4 Å². The number of anilines is 2. The summed E-state index contributed by atoms with van der Waals surface area (Å²) in [5.41, 5.74) is 1.20. The summed E-state index contributed by atoms with van der Waals surface area (Å²) in [5.74, 6) is -1.58. The van der Waals surface area contributed by atoms with Crippen LogP contribution in [0.25, 0.3) is 0 Å². The van der Waals surface area contributed by atoms with Gasteiger partial charge in [0.25, 0.3) is 0 Å². The summed E-state index contributed by atoms with van der Waals surface area (Å²) in [5, 5.41) is 11.6. The van der Waals surface area contributed by atoms with Gasteiger partial charge in [-0.25, -0.2) is 0 Å². The Hall–Kier alpha value is -2.41. The molecule has 1 aliphatic heterocycles. The molecule has 21 heavy (non-hydrogen) atoms. The van der Waals surface area contributed by atoms with Crippen molar-refractivity contribution in [2.24, 2.45) is 0 Å². The van der Waals surface area contributed by atoms with E-state index in [-0.39, 0.29) is 24.9 Å². The van der Waals surface area contributed by atoms with Crippen LogP contribution in [0.2, 0.25) is 0 Å². The first-order valence-electron chi connectivity index (χ1n) is 6.52. The molecule has 0 radical (unpaired) electrons. The number of carbonyl (C=O) groups is 3. The average Bonchev–Trinajstić information content (AvgIpc) is 2.45. The van der Waals surface area contributed by atoms with E-state index in [1.807, 2.05) is 0 Å². The summed E-state index contributed by atoms with van der Waals surface area (Å²) in [7, 11) is 1.56. The van der Waals surface area contributed by atoms with Gasteiger partial charge in [0.1, 0.15) is 12.6 Å². The third kappa shape index (κ3) is 3.19. The van der Waals surface area contributed by atoms with Crippen molar-refractivity contribution in [3.63, 3.8) is 0 Å². The molecule has 7 heteroatoms. The van der Waals surface area contributed by atoms with Crippen LogP contribution in [0.4, 0.5) is 11.4 Å². The van der Waals surface area contributed by atoms with E-state index < -0.39 is 12.0 Å². The van der Waals surface area contributed by atoms with Crippen molar-refractivity contribution in [3.05, 3.63) is 24.3 Å². The Morgan fingerprint density at radius 2 is 2.10 bits per heavy atom. The number of benzene rings is 1. The summed E-state index contributed by atoms with van der Waals surface area (Å²) in [6, 6.07) is 6.23. The number of likely N-dealkylation sites (N-methyl/N-ethyl adjacent to an activating group) is 1. The van der Waals surface area contributed by atoms with Crippen LogP contribution in [0.3, 0.4) is 0 Å². The number of rotatable bonds is 4. The number of para-hydroxylation sites is 2. The highest BCUT2D eigenvalue weighted by Gasteiger charge is 2.28. The van der Waals surface area contributed by atoms with E-state index in [1.165, 1.54) is 16.7 Å². The number of carboxylic acids is 1. The molecule has 0 spiro atoms. The summed E-state index contributed by atoms with van der Waals surface area (Å²) in [4.78, 5) is 37.7. The molecule has 1 heterocycles. The second-order valence-electron chi connectivity index (χ2n) is 4.97. The molecule has 112 valence electrons. The van der Waals surface area contributed by atoms with E-state index >= 15 is 0 Å². The molecule has 0 saturated carbocycles. The molecule has 7 nitrogen and oxygen atoms in total. The van der Waals surface area contributed by atoms with Crippen molar-refractivity contribution in [2.45, 2.75) is 13.0 Å². The fourth-order valence-electron chi connectivity index (χ4n) is 2.08. The van der Waals surface area contributed by atoms with Crippen LogP contribution in [0.5, 0.6) is 0 Å². The van der Waals surface area contributed by atoms with E-state index in [9.17, 15) is 14.4 Å². The molecular formula is C14H17N3O4. The molecular weight excluding hydrogens is 274 g/mol. The summed E-state index contributed by atoms with van der Waals surface area (Å²) in [6.07, 6.45) is 0. The van der Waals surface area contributed by atoms with Crippen molar-refractivity contribution in [1.82, 2.24) is 4.90 Å². The highest BCUT2D eigenvalue weighted by atomic mass is 16.4. The Morgan fingerprint density at radius 1 is 1.43 bits per heavy atom. The Labute approximate surface area is 122 Å². The lowest BCUT2D eigenvalue weighted by molar-refractivity contribution is -0.142. The van der Waals surface area contributed by atoms with Crippen molar-refractivity contribution in [1.29, 1.82) is 0 Å². The number of fused-ring (bicyclic) bond motifs is 1. The summed E-state index contributed by atoms with van der Waals surface area (Å²) < 4.78 is 0. The minimum absolute atomic E-state index is 0.0643. The third-order valence-electron chi connectivity index (χ3n) is 3.47. The monoisotopic (exact) mass is 291 g/mol. The quantitative estimate of drug-likeness (QED) is 0.837. The average molecular weight is 291 g/mol. The van der Waals surface area contributed by atoms with Gasteiger partial charge in [0, 0.05) is 0 Å². The standard InChI is InChI=1S/C14H17N3O4/c1-9(14(20)21)16(2)8-13(19)17-7-12(18)15-10-5-3-4-6-11(10)17/h3-6,9H,7-8H2,1-2H3,(H,15,18)(H,20,21). The molecule has 1 aliphatic rings. The van der Waals surface area contributed by atoms with Crippen LogP contribution in [0, 0.1) is 0 Å². The molecule has 0 aromatic heterocycles. The van der Waals surface area contributed by atoms with Gasteiger partial charge in [0.05, 0.1) is 17.9 Å². The highest BCUT2D eigenvalue weighted by molar-refractivity contribution is 6.10. The number of amides is 2. The van der Waals surface area contributed by atoms with Crippen LogP contribution in [0.15, 0.2) is 24.3 Å². The zero-order chi connectivity index (χ0) is 15.6. The Balaban J connectivity index is 2.16. The molecule has 1 aromatic carbocycles. The molecule has 1 aromatic rings. The first-order chi connectivity index (χ1) is 9.90.